The van der Waals surface area contributed by atoms with E-state index in [2.05, 4.69) is 6.92 Å². The van der Waals surface area contributed by atoms with Gasteiger partial charge in [-0.1, -0.05) is 13.3 Å². The van der Waals surface area contributed by atoms with Crippen molar-refractivity contribution in [2.75, 3.05) is 18.4 Å². The lowest BCUT2D eigenvalue weighted by molar-refractivity contribution is 0.0995. The van der Waals surface area contributed by atoms with E-state index in [9.17, 15) is 0 Å². The van der Waals surface area contributed by atoms with Crippen LogP contribution in [0.3, 0.4) is 0 Å². The summed E-state index contributed by atoms with van der Waals surface area (Å²) in [6.07, 6.45) is 6.43. The molecule has 84 valence electrons. The molecule has 0 aromatic heterocycles. The first-order chi connectivity index (χ1) is 6.70. The number of alkyl halides is 2. The maximum Gasteiger partial charge on any atom is 0.0576 e. The van der Waals surface area contributed by atoms with E-state index >= 15 is 0 Å². The molecule has 1 aliphatic heterocycles. The van der Waals surface area contributed by atoms with Gasteiger partial charge in [-0.15, -0.1) is 23.2 Å². The fraction of sp³-hybridized carbons (Fsp3) is 1.00. The Labute approximate surface area is 97.1 Å². The first-order valence-electron chi connectivity index (χ1n) is 5.44. The van der Waals surface area contributed by atoms with Gasteiger partial charge in [-0.05, 0) is 31.1 Å². The zero-order valence-corrected chi connectivity index (χ0v) is 10.4. The van der Waals surface area contributed by atoms with E-state index < -0.39 is 0 Å². The zero-order chi connectivity index (χ0) is 10.4. The van der Waals surface area contributed by atoms with Crippen LogP contribution >= 0.6 is 23.2 Å². The maximum absolute atomic E-state index is 5.89. The summed E-state index contributed by atoms with van der Waals surface area (Å²) in [6.45, 7) is 3.11. The van der Waals surface area contributed by atoms with E-state index in [0.29, 0.717) is 17.9 Å². The van der Waals surface area contributed by atoms with Crippen LogP contribution in [0.5, 0.6) is 0 Å². The van der Waals surface area contributed by atoms with Crippen molar-refractivity contribution in [3.8, 4) is 0 Å². The van der Waals surface area contributed by atoms with Gasteiger partial charge in [-0.3, -0.25) is 0 Å². The second-order valence-corrected chi connectivity index (χ2v) is 5.14. The SMILES string of the molecule is CC(CCl)(CCl)CCCC1CCCO1. The van der Waals surface area contributed by atoms with E-state index in [0.717, 1.165) is 13.0 Å². The summed E-state index contributed by atoms with van der Waals surface area (Å²) >= 11 is 11.8. The first-order valence-corrected chi connectivity index (χ1v) is 6.51. The Bertz CT molecular complexity index is 151. The van der Waals surface area contributed by atoms with Crippen LogP contribution in [0.2, 0.25) is 0 Å². The van der Waals surface area contributed by atoms with Crippen LogP contribution in [0.25, 0.3) is 0 Å². The van der Waals surface area contributed by atoms with Crippen LogP contribution in [0.15, 0.2) is 0 Å². The summed E-state index contributed by atoms with van der Waals surface area (Å²) in [6, 6.07) is 0. The van der Waals surface area contributed by atoms with Gasteiger partial charge in [0, 0.05) is 18.4 Å². The summed E-state index contributed by atoms with van der Waals surface area (Å²) in [5.74, 6) is 1.31. The molecule has 0 N–H and O–H groups in total. The molecule has 0 amide bonds. The van der Waals surface area contributed by atoms with Gasteiger partial charge in [-0.25, -0.2) is 0 Å². The summed E-state index contributed by atoms with van der Waals surface area (Å²) in [4.78, 5) is 0. The molecule has 0 bridgehead atoms. The molecule has 14 heavy (non-hydrogen) atoms. The zero-order valence-electron chi connectivity index (χ0n) is 8.90. The predicted molar refractivity (Wildman–Crippen MR) is 62.4 cm³/mol. The Hall–Kier alpha value is 0.540. The maximum atomic E-state index is 5.89. The highest BCUT2D eigenvalue weighted by atomic mass is 35.5. The first kappa shape index (κ1) is 12.6. The van der Waals surface area contributed by atoms with E-state index in [1.165, 1.54) is 25.7 Å². The van der Waals surface area contributed by atoms with Gasteiger partial charge in [0.15, 0.2) is 0 Å². The lowest BCUT2D eigenvalue weighted by atomic mass is 9.88. The summed E-state index contributed by atoms with van der Waals surface area (Å²) < 4.78 is 5.57. The van der Waals surface area contributed by atoms with Crippen LogP contribution in [-0.4, -0.2) is 24.5 Å². The van der Waals surface area contributed by atoms with Crippen LogP contribution in [-0.2, 0) is 4.74 Å². The molecule has 1 saturated heterocycles. The smallest absolute Gasteiger partial charge is 0.0576 e. The molecule has 1 fully saturated rings. The van der Waals surface area contributed by atoms with Crippen LogP contribution in [0, 0.1) is 5.41 Å². The molecule has 1 aliphatic rings. The predicted octanol–water partition coefficient (Wildman–Crippen LogP) is 3.82. The van der Waals surface area contributed by atoms with E-state index in [1.807, 2.05) is 0 Å². The van der Waals surface area contributed by atoms with E-state index in [4.69, 9.17) is 27.9 Å². The Morgan fingerprint density at radius 1 is 1.36 bits per heavy atom. The van der Waals surface area contributed by atoms with Crippen LogP contribution in [0.1, 0.15) is 39.0 Å². The van der Waals surface area contributed by atoms with Crippen LogP contribution < -0.4 is 0 Å². The fourth-order valence-corrected chi connectivity index (χ4v) is 2.35. The molecule has 0 radical (unpaired) electrons. The standard InChI is InChI=1S/C11H20Cl2O/c1-11(8-12,9-13)6-2-4-10-5-3-7-14-10/h10H,2-9H2,1H3. The van der Waals surface area contributed by atoms with Gasteiger partial charge >= 0.3 is 0 Å². The summed E-state index contributed by atoms with van der Waals surface area (Å²) in [5, 5.41) is 0. The second-order valence-electron chi connectivity index (χ2n) is 4.61. The highest BCUT2D eigenvalue weighted by Crippen LogP contribution is 2.29. The van der Waals surface area contributed by atoms with Crippen LogP contribution in [0.4, 0.5) is 0 Å². The molecule has 3 heteroatoms. The van der Waals surface area contributed by atoms with Gasteiger partial charge in [0.1, 0.15) is 0 Å². The van der Waals surface area contributed by atoms with Crippen molar-refractivity contribution in [1.29, 1.82) is 0 Å². The third-order valence-electron chi connectivity index (χ3n) is 2.98. The largest absolute Gasteiger partial charge is 0.378 e. The number of halogens is 2. The van der Waals surface area contributed by atoms with Crippen molar-refractivity contribution in [3.63, 3.8) is 0 Å². The fourth-order valence-electron chi connectivity index (χ4n) is 1.80. The van der Waals surface area contributed by atoms with Crippen molar-refractivity contribution in [2.45, 2.75) is 45.1 Å². The van der Waals surface area contributed by atoms with Gasteiger partial charge < -0.3 is 4.74 Å². The molecule has 0 aromatic carbocycles. The number of hydrogen-bond acceptors (Lipinski definition) is 1. The topological polar surface area (TPSA) is 9.23 Å². The molecule has 0 aliphatic carbocycles. The summed E-state index contributed by atoms with van der Waals surface area (Å²) in [7, 11) is 0. The Balaban J connectivity index is 2.12. The highest BCUT2D eigenvalue weighted by molar-refractivity contribution is 6.21. The minimum atomic E-state index is 0.113. The molecule has 0 aromatic rings. The second kappa shape index (κ2) is 6.19. The van der Waals surface area contributed by atoms with E-state index in [-0.39, 0.29) is 5.41 Å². The average Bonchev–Trinajstić information content (AvgIpc) is 2.70. The Kier molecular flexibility index (Phi) is 5.58. The van der Waals surface area contributed by atoms with Gasteiger partial charge in [0.05, 0.1) is 6.10 Å². The third kappa shape index (κ3) is 3.96. The molecular weight excluding hydrogens is 219 g/mol. The van der Waals surface area contributed by atoms with Gasteiger partial charge in [0.2, 0.25) is 0 Å². The molecule has 1 heterocycles. The summed E-state index contributed by atoms with van der Waals surface area (Å²) in [5.41, 5.74) is 0.113. The van der Waals surface area contributed by atoms with Crippen molar-refractivity contribution in [3.05, 3.63) is 0 Å². The highest BCUT2D eigenvalue weighted by Gasteiger charge is 2.23. The average molecular weight is 239 g/mol. The molecule has 0 spiro atoms. The number of hydrogen-bond donors (Lipinski definition) is 0. The van der Waals surface area contributed by atoms with Crippen molar-refractivity contribution < 1.29 is 4.74 Å². The molecular formula is C11H20Cl2O. The number of ether oxygens (including phenoxy) is 1. The lowest BCUT2D eigenvalue weighted by Gasteiger charge is -2.24. The monoisotopic (exact) mass is 238 g/mol. The lowest BCUT2D eigenvalue weighted by Crippen LogP contribution is -2.21. The quantitative estimate of drug-likeness (QED) is 0.640. The van der Waals surface area contributed by atoms with Gasteiger partial charge in [0.25, 0.3) is 0 Å². The molecule has 1 atom stereocenters. The minimum Gasteiger partial charge on any atom is -0.378 e. The Morgan fingerprint density at radius 3 is 2.57 bits per heavy atom. The Morgan fingerprint density at radius 2 is 2.07 bits per heavy atom. The van der Waals surface area contributed by atoms with Crippen molar-refractivity contribution in [1.82, 2.24) is 0 Å². The third-order valence-corrected chi connectivity index (χ3v) is 4.27. The van der Waals surface area contributed by atoms with E-state index in [1.54, 1.807) is 0 Å². The molecule has 1 unspecified atom stereocenters. The van der Waals surface area contributed by atoms with Gasteiger partial charge in [-0.2, -0.15) is 0 Å². The molecule has 1 rings (SSSR count). The number of rotatable bonds is 6. The van der Waals surface area contributed by atoms with Crippen molar-refractivity contribution in [2.24, 2.45) is 5.41 Å². The normalized spacial score (nSPS) is 22.9. The molecule has 0 saturated carbocycles. The minimum absolute atomic E-state index is 0.113. The van der Waals surface area contributed by atoms with Crippen molar-refractivity contribution >= 4 is 23.2 Å². The molecule has 1 nitrogen and oxygen atoms in total.